The smallest absolute Gasteiger partial charge is 0.226 e. The minimum absolute atomic E-state index is 0.0233. The van der Waals surface area contributed by atoms with E-state index < -0.39 is 0 Å². The number of hydrogen-bond donors (Lipinski definition) is 0. The topological polar surface area (TPSA) is 47.3 Å². The van der Waals surface area contributed by atoms with Crippen LogP contribution in [0.15, 0.2) is 0 Å². The van der Waals surface area contributed by atoms with E-state index in [2.05, 4.69) is 31.7 Å². The van der Waals surface area contributed by atoms with E-state index in [1.54, 1.807) is 0 Å². The predicted molar refractivity (Wildman–Crippen MR) is 83.6 cm³/mol. The van der Waals surface area contributed by atoms with Crippen LogP contribution in [0.25, 0.3) is 0 Å². The molecule has 0 spiro atoms. The van der Waals surface area contributed by atoms with E-state index >= 15 is 0 Å². The molecule has 0 N–H and O–H groups in total. The van der Waals surface area contributed by atoms with E-state index in [4.69, 9.17) is 0 Å². The number of carbonyl (C=O) groups is 1. The first-order valence-corrected chi connectivity index (χ1v) is 8.42. The zero-order valence-electron chi connectivity index (χ0n) is 13.8. The molecule has 2 unspecified atom stereocenters. The van der Waals surface area contributed by atoms with Crippen LogP contribution in [-0.2, 0) is 4.79 Å². The lowest BCUT2D eigenvalue weighted by molar-refractivity contribution is -0.140. The van der Waals surface area contributed by atoms with Crippen LogP contribution >= 0.6 is 0 Å². The lowest BCUT2D eigenvalue weighted by Gasteiger charge is -2.39. The maximum absolute atomic E-state index is 12.7. The van der Waals surface area contributed by atoms with Crippen molar-refractivity contribution >= 4 is 5.91 Å². The van der Waals surface area contributed by atoms with Crippen LogP contribution in [0.5, 0.6) is 0 Å². The van der Waals surface area contributed by atoms with Crippen molar-refractivity contribution in [2.75, 3.05) is 26.2 Å². The standard InChI is InChI=1S/C17H29N3O/c1-4-6-14(13-18)19-9-11-20(12-10-19)16(21)15-7-5-8-17(15,2)3/h14-15H,4-12H2,1-3H3. The van der Waals surface area contributed by atoms with Crippen molar-refractivity contribution in [3.8, 4) is 6.07 Å². The summed E-state index contributed by atoms with van der Waals surface area (Å²) in [5.41, 5.74) is 0.158. The van der Waals surface area contributed by atoms with Crippen molar-refractivity contribution in [3.63, 3.8) is 0 Å². The van der Waals surface area contributed by atoms with Crippen LogP contribution in [0.4, 0.5) is 0 Å². The second kappa shape index (κ2) is 6.79. The Balaban J connectivity index is 1.89. The Labute approximate surface area is 129 Å². The molecule has 0 aromatic carbocycles. The fourth-order valence-corrected chi connectivity index (χ4v) is 3.86. The largest absolute Gasteiger partial charge is 0.340 e. The Morgan fingerprint density at radius 3 is 2.48 bits per heavy atom. The second-order valence-electron chi connectivity index (χ2n) is 7.23. The monoisotopic (exact) mass is 291 g/mol. The minimum atomic E-state index is 0.0233. The molecule has 1 aliphatic heterocycles. The van der Waals surface area contributed by atoms with Crippen LogP contribution < -0.4 is 0 Å². The molecule has 2 rings (SSSR count). The zero-order chi connectivity index (χ0) is 15.5. The van der Waals surface area contributed by atoms with Crippen molar-refractivity contribution in [1.82, 2.24) is 9.80 Å². The van der Waals surface area contributed by atoms with Gasteiger partial charge in [-0.1, -0.05) is 33.6 Å². The molecule has 4 heteroatoms. The quantitative estimate of drug-likeness (QED) is 0.800. The molecular formula is C17H29N3O. The van der Waals surface area contributed by atoms with Gasteiger partial charge in [0, 0.05) is 32.1 Å². The highest BCUT2D eigenvalue weighted by molar-refractivity contribution is 5.80. The van der Waals surface area contributed by atoms with Gasteiger partial charge in [-0.2, -0.15) is 5.26 Å². The molecule has 1 amide bonds. The van der Waals surface area contributed by atoms with Crippen LogP contribution in [0.2, 0.25) is 0 Å². The summed E-state index contributed by atoms with van der Waals surface area (Å²) in [7, 11) is 0. The number of carbonyl (C=O) groups excluding carboxylic acids is 1. The fraction of sp³-hybridized carbons (Fsp3) is 0.882. The van der Waals surface area contributed by atoms with E-state index in [9.17, 15) is 10.1 Å². The molecule has 2 fully saturated rings. The fourth-order valence-electron chi connectivity index (χ4n) is 3.86. The van der Waals surface area contributed by atoms with Crippen LogP contribution in [-0.4, -0.2) is 47.9 Å². The third-order valence-corrected chi connectivity index (χ3v) is 5.33. The number of hydrogen-bond acceptors (Lipinski definition) is 3. The third kappa shape index (κ3) is 3.58. The molecule has 2 aliphatic rings. The van der Waals surface area contributed by atoms with Crippen LogP contribution in [0.3, 0.4) is 0 Å². The molecule has 1 saturated carbocycles. The molecule has 118 valence electrons. The van der Waals surface area contributed by atoms with E-state index in [-0.39, 0.29) is 17.4 Å². The molecule has 1 saturated heterocycles. The van der Waals surface area contributed by atoms with Gasteiger partial charge < -0.3 is 4.90 Å². The van der Waals surface area contributed by atoms with Crippen molar-refractivity contribution in [2.24, 2.45) is 11.3 Å². The molecule has 4 nitrogen and oxygen atoms in total. The third-order valence-electron chi connectivity index (χ3n) is 5.33. The number of nitriles is 1. The van der Waals surface area contributed by atoms with Gasteiger partial charge in [0.15, 0.2) is 0 Å². The molecule has 21 heavy (non-hydrogen) atoms. The summed E-state index contributed by atoms with van der Waals surface area (Å²) in [4.78, 5) is 17.0. The van der Waals surface area contributed by atoms with Crippen LogP contribution in [0.1, 0.15) is 52.9 Å². The molecule has 1 aliphatic carbocycles. The Morgan fingerprint density at radius 2 is 2.00 bits per heavy atom. The number of rotatable bonds is 4. The highest BCUT2D eigenvalue weighted by atomic mass is 16.2. The lowest BCUT2D eigenvalue weighted by atomic mass is 9.81. The molecule has 2 atom stereocenters. The van der Waals surface area contributed by atoms with E-state index in [0.29, 0.717) is 5.91 Å². The normalized spacial score (nSPS) is 27.3. The van der Waals surface area contributed by atoms with Gasteiger partial charge in [0.05, 0.1) is 12.1 Å². The summed E-state index contributed by atoms with van der Waals surface area (Å²) < 4.78 is 0. The summed E-state index contributed by atoms with van der Waals surface area (Å²) in [6.07, 6.45) is 5.35. The van der Waals surface area contributed by atoms with E-state index in [1.165, 1.54) is 6.42 Å². The summed E-state index contributed by atoms with van der Waals surface area (Å²) in [5.74, 6) is 0.549. The van der Waals surface area contributed by atoms with Crippen molar-refractivity contribution < 1.29 is 4.79 Å². The average Bonchev–Trinajstić information content (AvgIpc) is 2.83. The Bertz CT molecular complexity index is 405. The Kier molecular flexibility index (Phi) is 5.27. The SMILES string of the molecule is CCCC(C#N)N1CCN(C(=O)C2CCCC2(C)C)CC1. The molecule has 0 aromatic rings. The zero-order valence-corrected chi connectivity index (χ0v) is 13.8. The highest BCUT2D eigenvalue weighted by Crippen LogP contribution is 2.43. The van der Waals surface area contributed by atoms with E-state index in [1.807, 2.05) is 4.90 Å². The first-order valence-electron chi connectivity index (χ1n) is 8.42. The predicted octanol–water partition coefficient (Wildman–Crippen LogP) is 2.65. The molecule has 0 aromatic heterocycles. The molecule has 1 heterocycles. The van der Waals surface area contributed by atoms with Crippen molar-refractivity contribution in [3.05, 3.63) is 0 Å². The van der Waals surface area contributed by atoms with Crippen molar-refractivity contribution in [2.45, 2.75) is 58.9 Å². The maximum Gasteiger partial charge on any atom is 0.226 e. The Morgan fingerprint density at radius 1 is 1.33 bits per heavy atom. The Hall–Kier alpha value is -1.08. The first-order chi connectivity index (χ1) is 9.99. The molecule has 0 radical (unpaired) electrons. The van der Waals surface area contributed by atoms with Gasteiger partial charge in [0.2, 0.25) is 5.91 Å². The van der Waals surface area contributed by atoms with Crippen LogP contribution in [0, 0.1) is 22.7 Å². The number of piperazine rings is 1. The van der Waals surface area contributed by atoms with Gasteiger partial charge in [-0.25, -0.2) is 0 Å². The number of nitrogens with zero attached hydrogens (tertiary/aromatic N) is 3. The first kappa shape index (κ1) is 16.3. The highest BCUT2D eigenvalue weighted by Gasteiger charge is 2.41. The van der Waals surface area contributed by atoms with Gasteiger partial charge in [0.25, 0.3) is 0 Å². The average molecular weight is 291 g/mol. The van der Waals surface area contributed by atoms with Gasteiger partial charge in [0.1, 0.15) is 0 Å². The summed E-state index contributed by atoms with van der Waals surface area (Å²) in [6.45, 7) is 9.83. The van der Waals surface area contributed by atoms with E-state index in [0.717, 1.165) is 51.9 Å². The number of amides is 1. The summed E-state index contributed by atoms with van der Waals surface area (Å²) >= 11 is 0. The van der Waals surface area contributed by atoms with Crippen molar-refractivity contribution in [1.29, 1.82) is 5.26 Å². The van der Waals surface area contributed by atoms with Gasteiger partial charge >= 0.3 is 0 Å². The summed E-state index contributed by atoms with van der Waals surface area (Å²) in [6, 6.07) is 2.43. The van der Waals surface area contributed by atoms with Gasteiger partial charge in [-0.05, 0) is 24.7 Å². The summed E-state index contributed by atoms with van der Waals surface area (Å²) in [5, 5.41) is 9.25. The maximum atomic E-state index is 12.7. The minimum Gasteiger partial charge on any atom is -0.340 e. The second-order valence-corrected chi connectivity index (χ2v) is 7.23. The van der Waals surface area contributed by atoms with Gasteiger partial charge in [-0.15, -0.1) is 0 Å². The lowest BCUT2D eigenvalue weighted by Crippen LogP contribution is -2.53. The van der Waals surface area contributed by atoms with Gasteiger partial charge in [-0.3, -0.25) is 9.69 Å². The molecular weight excluding hydrogens is 262 g/mol. The molecule has 0 bridgehead atoms.